The first-order valence-electron chi connectivity index (χ1n) is 11.9. The molecule has 2 atom stereocenters. The van der Waals surface area contributed by atoms with Gasteiger partial charge in [0, 0.05) is 5.57 Å². The molecule has 8 heteroatoms. The Morgan fingerprint density at radius 2 is 2.09 bits per heavy atom. The second kappa shape index (κ2) is 11.7. The summed E-state index contributed by atoms with van der Waals surface area (Å²) in [7, 11) is 0. The Kier molecular flexibility index (Phi) is 8.73. The summed E-state index contributed by atoms with van der Waals surface area (Å²) in [5, 5.41) is 19.1. The molecule has 188 valence electrons. The van der Waals surface area contributed by atoms with Gasteiger partial charge in [0.05, 0.1) is 24.1 Å². The van der Waals surface area contributed by atoms with Gasteiger partial charge in [-0.3, -0.25) is 9.59 Å². The van der Waals surface area contributed by atoms with Crippen molar-refractivity contribution in [2.75, 3.05) is 6.54 Å². The molecule has 2 aliphatic rings. The first kappa shape index (κ1) is 26.1. The van der Waals surface area contributed by atoms with Gasteiger partial charge >= 0.3 is 11.9 Å². The Morgan fingerprint density at radius 3 is 2.71 bits per heavy atom. The first-order chi connectivity index (χ1) is 16.7. The summed E-state index contributed by atoms with van der Waals surface area (Å²) in [6, 6.07) is 1.53. The van der Waals surface area contributed by atoms with E-state index in [4.69, 9.17) is 9.15 Å². The molecule has 2 aliphatic heterocycles. The topological polar surface area (TPSA) is 117 Å². The number of rotatable bonds is 12. The number of nitrogens with zero attached hydrogens (tertiary/aromatic N) is 1. The van der Waals surface area contributed by atoms with Crippen molar-refractivity contribution < 1.29 is 33.8 Å². The Bertz CT molecular complexity index is 1080. The molecule has 0 radical (unpaired) electrons. The summed E-state index contributed by atoms with van der Waals surface area (Å²) < 4.78 is 10.2. The molecule has 2 N–H and O–H groups in total. The van der Waals surface area contributed by atoms with E-state index in [0.29, 0.717) is 24.8 Å². The number of furan rings is 1. The van der Waals surface area contributed by atoms with Gasteiger partial charge in [0.2, 0.25) is 0 Å². The second-order valence-electron chi connectivity index (χ2n) is 9.27. The van der Waals surface area contributed by atoms with Crippen molar-refractivity contribution in [3.8, 4) is 0 Å². The van der Waals surface area contributed by atoms with E-state index in [9.17, 15) is 24.6 Å². The number of carboxylic acids is 1. The number of aliphatic hydroxyl groups is 1. The highest BCUT2D eigenvalue weighted by atomic mass is 16.6. The predicted octanol–water partition coefficient (Wildman–Crippen LogP) is 4.85. The number of allylic oxidation sites excluding steroid dienone is 3. The van der Waals surface area contributed by atoms with E-state index in [1.807, 2.05) is 19.1 Å². The highest BCUT2D eigenvalue weighted by Gasteiger charge is 2.33. The van der Waals surface area contributed by atoms with Gasteiger partial charge < -0.3 is 24.3 Å². The van der Waals surface area contributed by atoms with E-state index >= 15 is 0 Å². The van der Waals surface area contributed by atoms with Crippen LogP contribution < -0.4 is 0 Å². The number of cyclic esters (lactones) is 1. The third-order valence-corrected chi connectivity index (χ3v) is 6.33. The summed E-state index contributed by atoms with van der Waals surface area (Å²) in [4.78, 5) is 37.0. The lowest BCUT2D eigenvalue weighted by molar-refractivity contribution is -0.143. The van der Waals surface area contributed by atoms with Crippen LogP contribution in [-0.2, 0) is 25.5 Å². The third-order valence-electron chi connectivity index (χ3n) is 6.33. The van der Waals surface area contributed by atoms with Crippen LogP contribution in [0.1, 0.15) is 58.4 Å². The SMILES string of the molecule is CC(=CCCC1=CC(Cc2ccoc2)N(CC(=O)O)C1=O)CCCC(C)C=C1OC(=O)C(C)=C1O. The monoisotopic (exact) mass is 483 g/mol. The van der Waals surface area contributed by atoms with E-state index < -0.39 is 11.9 Å². The van der Waals surface area contributed by atoms with Crippen LogP contribution >= 0.6 is 0 Å². The highest BCUT2D eigenvalue weighted by Crippen LogP contribution is 2.27. The summed E-state index contributed by atoms with van der Waals surface area (Å²) >= 11 is 0. The zero-order valence-corrected chi connectivity index (χ0v) is 20.5. The van der Waals surface area contributed by atoms with Crippen molar-refractivity contribution in [3.63, 3.8) is 0 Å². The van der Waals surface area contributed by atoms with Crippen LogP contribution in [0.25, 0.3) is 0 Å². The standard InChI is InChI=1S/C27H33NO7/c1-17(6-4-8-18(2)12-23-25(31)19(3)27(33)35-23)7-5-9-21-14-22(13-20-10-11-34-16-20)28(26(21)32)15-24(29)30/h7,10-12,14,16,18,22,31H,4-6,8-9,13,15H2,1-3H3,(H,29,30). The van der Waals surface area contributed by atoms with Gasteiger partial charge in [-0.25, -0.2) is 4.79 Å². The van der Waals surface area contributed by atoms with E-state index in [1.54, 1.807) is 18.6 Å². The maximum Gasteiger partial charge on any atom is 0.343 e. The number of carbonyl (C=O) groups is 3. The molecule has 0 bridgehead atoms. The largest absolute Gasteiger partial charge is 0.504 e. The molecule has 0 saturated heterocycles. The van der Waals surface area contributed by atoms with E-state index in [0.717, 1.165) is 24.8 Å². The fraction of sp³-hybridized carbons (Fsp3) is 0.444. The molecule has 0 saturated carbocycles. The van der Waals surface area contributed by atoms with Crippen molar-refractivity contribution in [1.29, 1.82) is 0 Å². The number of aliphatic carboxylic acids is 1. The lowest BCUT2D eigenvalue weighted by Gasteiger charge is -2.22. The van der Waals surface area contributed by atoms with Gasteiger partial charge in [-0.05, 0) is 76.0 Å². The van der Waals surface area contributed by atoms with Gasteiger partial charge in [0.15, 0.2) is 11.5 Å². The third kappa shape index (κ3) is 6.97. The minimum Gasteiger partial charge on any atom is -0.504 e. The molecule has 0 spiro atoms. The number of carbonyl (C=O) groups excluding carboxylic acids is 2. The minimum atomic E-state index is -1.03. The molecule has 1 aromatic heterocycles. The molecule has 0 fully saturated rings. The van der Waals surface area contributed by atoms with Crippen LogP contribution in [0.4, 0.5) is 0 Å². The molecule has 1 aromatic rings. The average Bonchev–Trinajstić information content (AvgIpc) is 3.47. The highest BCUT2D eigenvalue weighted by molar-refractivity contribution is 5.98. The molecule has 3 rings (SSSR count). The molecule has 8 nitrogen and oxygen atoms in total. The Hall–Kier alpha value is -3.55. The van der Waals surface area contributed by atoms with Crippen LogP contribution in [0.2, 0.25) is 0 Å². The molecule has 2 unspecified atom stereocenters. The quantitative estimate of drug-likeness (QED) is 0.322. The van der Waals surface area contributed by atoms with Crippen LogP contribution in [0.15, 0.2) is 69.5 Å². The zero-order valence-electron chi connectivity index (χ0n) is 20.5. The average molecular weight is 484 g/mol. The van der Waals surface area contributed by atoms with Gasteiger partial charge in [-0.1, -0.05) is 24.6 Å². The minimum absolute atomic E-state index is 0.0809. The van der Waals surface area contributed by atoms with E-state index in [-0.39, 0.29) is 41.5 Å². The number of hydrogen-bond donors (Lipinski definition) is 2. The summed E-state index contributed by atoms with van der Waals surface area (Å²) in [5.74, 6) is -1.44. The fourth-order valence-electron chi connectivity index (χ4n) is 4.31. The van der Waals surface area contributed by atoms with Crippen molar-refractivity contribution in [2.24, 2.45) is 5.92 Å². The number of ether oxygens (including phenoxy) is 1. The molecular formula is C27H33NO7. The van der Waals surface area contributed by atoms with Gasteiger partial charge in [-0.15, -0.1) is 0 Å². The van der Waals surface area contributed by atoms with Crippen molar-refractivity contribution in [3.05, 3.63) is 70.6 Å². The molecule has 0 aliphatic carbocycles. The smallest absolute Gasteiger partial charge is 0.343 e. The van der Waals surface area contributed by atoms with E-state index in [1.165, 1.54) is 17.4 Å². The second-order valence-corrected chi connectivity index (χ2v) is 9.27. The molecular weight excluding hydrogens is 450 g/mol. The number of amides is 1. The zero-order chi connectivity index (χ0) is 25.5. The van der Waals surface area contributed by atoms with Crippen molar-refractivity contribution in [1.82, 2.24) is 4.90 Å². The van der Waals surface area contributed by atoms with Gasteiger partial charge in [0.1, 0.15) is 6.54 Å². The van der Waals surface area contributed by atoms with Gasteiger partial charge in [0.25, 0.3) is 5.91 Å². The van der Waals surface area contributed by atoms with Crippen LogP contribution in [0.3, 0.4) is 0 Å². The number of carboxylic acid groups (broad SMARTS) is 1. The number of esters is 1. The Balaban J connectivity index is 1.47. The first-order valence-corrected chi connectivity index (χ1v) is 11.9. The Labute approximate surface area is 205 Å². The summed E-state index contributed by atoms with van der Waals surface area (Å²) in [6.45, 7) is 5.29. The molecule has 3 heterocycles. The lowest BCUT2D eigenvalue weighted by atomic mass is 9.99. The molecule has 1 amide bonds. The summed E-state index contributed by atoms with van der Waals surface area (Å²) in [5.41, 5.74) is 3.03. The fourth-order valence-corrected chi connectivity index (χ4v) is 4.31. The maximum absolute atomic E-state index is 12.8. The number of hydrogen-bond acceptors (Lipinski definition) is 6. The molecule has 0 aromatic carbocycles. The van der Waals surface area contributed by atoms with Gasteiger partial charge in [-0.2, -0.15) is 0 Å². The summed E-state index contributed by atoms with van der Waals surface area (Å²) in [6.07, 6.45) is 13.5. The number of aliphatic hydroxyl groups excluding tert-OH is 1. The van der Waals surface area contributed by atoms with Crippen molar-refractivity contribution in [2.45, 2.75) is 65.3 Å². The lowest BCUT2D eigenvalue weighted by Crippen LogP contribution is -2.39. The van der Waals surface area contributed by atoms with Crippen LogP contribution in [0, 0.1) is 5.92 Å². The normalized spacial score (nSPS) is 20.6. The maximum atomic E-state index is 12.8. The Morgan fingerprint density at radius 1 is 1.31 bits per heavy atom. The van der Waals surface area contributed by atoms with E-state index in [2.05, 4.69) is 13.0 Å². The van der Waals surface area contributed by atoms with Crippen LogP contribution in [-0.4, -0.2) is 45.5 Å². The van der Waals surface area contributed by atoms with Crippen molar-refractivity contribution >= 4 is 17.8 Å². The predicted molar refractivity (Wildman–Crippen MR) is 129 cm³/mol. The molecule has 35 heavy (non-hydrogen) atoms. The van der Waals surface area contributed by atoms with Crippen LogP contribution in [0.5, 0.6) is 0 Å².